The second-order valence-electron chi connectivity index (χ2n) is 7.58. The summed E-state index contributed by atoms with van der Waals surface area (Å²) in [6.45, 7) is 4.09. The lowest BCUT2D eigenvalue weighted by Gasteiger charge is -2.36. The molecule has 1 fully saturated rings. The third-order valence-corrected chi connectivity index (χ3v) is 5.53. The number of Topliss-reactive ketones (excluding diaryl/α,β-unsaturated/α-hetero) is 1. The minimum absolute atomic E-state index is 0.0196. The van der Waals surface area contributed by atoms with Gasteiger partial charge in [0, 0.05) is 49.1 Å². The number of amides is 1. The molecule has 4 rings (SSSR count). The second kappa shape index (κ2) is 8.95. The molecule has 1 aliphatic heterocycles. The number of benzene rings is 2. The first-order valence-electron chi connectivity index (χ1n) is 10.3. The Morgan fingerprint density at radius 3 is 2.23 bits per heavy atom. The predicted octanol–water partition coefficient (Wildman–Crippen LogP) is 2.46. The van der Waals surface area contributed by atoms with E-state index in [2.05, 4.69) is 9.88 Å². The Balaban J connectivity index is 1.36. The molecule has 1 amide bonds. The monoisotopic (exact) mass is 416 g/mol. The van der Waals surface area contributed by atoms with Crippen LogP contribution in [-0.4, -0.2) is 52.3 Å². The van der Waals surface area contributed by atoms with Crippen LogP contribution in [0.4, 0.5) is 5.69 Å². The van der Waals surface area contributed by atoms with Gasteiger partial charge >= 0.3 is 0 Å². The van der Waals surface area contributed by atoms with Crippen molar-refractivity contribution in [1.82, 2.24) is 14.5 Å². The fraction of sp³-hybridized carbons (Fsp3) is 0.250. The van der Waals surface area contributed by atoms with Crippen molar-refractivity contribution in [2.24, 2.45) is 0 Å². The zero-order valence-corrected chi connectivity index (χ0v) is 17.4. The smallest absolute Gasteiger partial charge is 0.254 e. The van der Waals surface area contributed by atoms with Crippen molar-refractivity contribution in [3.05, 3.63) is 82.9 Å². The normalized spacial score (nSPS) is 13.8. The Bertz CT molecular complexity index is 1130. The molecule has 0 radical (unpaired) electrons. The van der Waals surface area contributed by atoms with E-state index in [1.54, 1.807) is 11.8 Å². The highest BCUT2D eigenvalue weighted by Crippen LogP contribution is 2.18. The maximum atomic E-state index is 12.7. The first-order chi connectivity index (χ1) is 15.0. The van der Waals surface area contributed by atoms with Crippen molar-refractivity contribution in [2.75, 3.05) is 31.1 Å². The first-order valence-corrected chi connectivity index (χ1v) is 10.3. The fourth-order valence-electron chi connectivity index (χ4n) is 3.68. The summed E-state index contributed by atoms with van der Waals surface area (Å²) in [6, 6.07) is 18.5. The number of nitrogens with zero attached hydrogens (tertiary/aromatic N) is 4. The van der Waals surface area contributed by atoms with Crippen LogP contribution in [0.15, 0.2) is 71.8 Å². The van der Waals surface area contributed by atoms with Gasteiger partial charge in [0.05, 0.1) is 12.0 Å². The standard InChI is InChI=1S/C24H24N4O3/c1-18(29)19-7-9-21(10-8-19)26-11-13-27(14-12-26)24(31)16-28-17-25-22(15-23(28)30)20-5-3-2-4-6-20/h2-10,15,17H,11-14,16H2,1H3. The van der Waals surface area contributed by atoms with E-state index in [9.17, 15) is 14.4 Å². The van der Waals surface area contributed by atoms with E-state index in [1.165, 1.54) is 17.0 Å². The predicted molar refractivity (Wildman–Crippen MR) is 119 cm³/mol. The molecule has 2 heterocycles. The molecule has 1 aromatic heterocycles. The summed E-state index contributed by atoms with van der Waals surface area (Å²) in [7, 11) is 0. The van der Waals surface area contributed by atoms with Gasteiger partial charge in [-0.25, -0.2) is 4.98 Å². The average Bonchev–Trinajstić information content (AvgIpc) is 2.81. The van der Waals surface area contributed by atoms with Crippen LogP contribution < -0.4 is 10.5 Å². The van der Waals surface area contributed by atoms with Crippen LogP contribution >= 0.6 is 0 Å². The Kier molecular flexibility index (Phi) is 5.93. The lowest BCUT2D eigenvalue weighted by Crippen LogP contribution is -2.50. The Hall–Kier alpha value is -3.74. The lowest BCUT2D eigenvalue weighted by atomic mass is 10.1. The molecule has 1 saturated heterocycles. The molecule has 31 heavy (non-hydrogen) atoms. The summed E-state index contributed by atoms with van der Waals surface area (Å²) in [4.78, 5) is 44.9. The maximum absolute atomic E-state index is 12.7. The molecular weight excluding hydrogens is 392 g/mol. The number of carbonyl (C=O) groups excluding carboxylic acids is 2. The SMILES string of the molecule is CC(=O)c1ccc(N2CCN(C(=O)Cn3cnc(-c4ccccc4)cc3=O)CC2)cc1. The molecule has 7 heteroatoms. The van der Waals surface area contributed by atoms with Gasteiger partial charge in [-0.15, -0.1) is 0 Å². The van der Waals surface area contributed by atoms with Gasteiger partial charge in [0.1, 0.15) is 6.54 Å². The van der Waals surface area contributed by atoms with E-state index >= 15 is 0 Å². The first kappa shape index (κ1) is 20.5. The van der Waals surface area contributed by atoms with Crippen LogP contribution in [-0.2, 0) is 11.3 Å². The third-order valence-electron chi connectivity index (χ3n) is 5.53. The molecule has 0 unspecified atom stereocenters. The largest absolute Gasteiger partial charge is 0.368 e. The highest BCUT2D eigenvalue weighted by Gasteiger charge is 2.22. The summed E-state index contributed by atoms with van der Waals surface area (Å²) < 4.78 is 1.35. The maximum Gasteiger partial charge on any atom is 0.254 e. The number of hydrogen-bond acceptors (Lipinski definition) is 5. The van der Waals surface area contributed by atoms with Crippen LogP contribution in [0.2, 0.25) is 0 Å². The summed E-state index contributed by atoms with van der Waals surface area (Å²) in [6.07, 6.45) is 1.44. The van der Waals surface area contributed by atoms with E-state index in [0.717, 1.165) is 11.3 Å². The average molecular weight is 416 g/mol. The molecule has 3 aromatic rings. The number of aromatic nitrogens is 2. The van der Waals surface area contributed by atoms with Crippen molar-refractivity contribution in [3.63, 3.8) is 0 Å². The topological polar surface area (TPSA) is 75.5 Å². The second-order valence-corrected chi connectivity index (χ2v) is 7.58. The van der Waals surface area contributed by atoms with Crippen LogP contribution in [0.5, 0.6) is 0 Å². The minimum atomic E-state index is -0.244. The molecule has 0 atom stereocenters. The molecule has 0 aliphatic carbocycles. The van der Waals surface area contributed by atoms with Gasteiger partial charge in [0.15, 0.2) is 5.78 Å². The zero-order valence-electron chi connectivity index (χ0n) is 17.4. The molecule has 7 nitrogen and oxygen atoms in total. The summed E-state index contributed by atoms with van der Waals surface area (Å²) in [5, 5.41) is 0. The third kappa shape index (κ3) is 4.71. The molecule has 158 valence electrons. The lowest BCUT2D eigenvalue weighted by molar-refractivity contribution is -0.132. The van der Waals surface area contributed by atoms with Gasteiger partial charge in [-0.3, -0.25) is 19.0 Å². The molecule has 0 bridgehead atoms. The van der Waals surface area contributed by atoms with Crippen LogP contribution in [0.1, 0.15) is 17.3 Å². The number of rotatable bonds is 5. The van der Waals surface area contributed by atoms with Crippen LogP contribution in [0, 0.1) is 0 Å². The summed E-state index contributed by atoms with van der Waals surface area (Å²) >= 11 is 0. The molecule has 1 aliphatic rings. The quantitative estimate of drug-likeness (QED) is 0.598. The van der Waals surface area contributed by atoms with Crippen molar-refractivity contribution in [3.8, 4) is 11.3 Å². The number of ketones is 1. The van der Waals surface area contributed by atoms with E-state index in [-0.39, 0.29) is 23.8 Å². The Morgan fingerprint density at radius 1 is 0.935 bits per heavy atom. The Labute approximate surface area is 180 Å². The van der Waals surface area contributed by atoms with Gasteiger partial charge in [0.2, 0.25) is 5.91 Å². The van der Waals surface area contributed by atoms with E-state index < -0.39 is 0 Å². The zero-order chi connectivity index (χ0) is 21.8. The highest BCUT2D eigenvalue weighted by atomic mass is 16.2. The molecule has 2 aromatic carbocycles. The van der Waals surface area contributed by atoms with E-state index in [4.69, 9.17) is 0 Å². The van der Waals surface area contributed by atoms with Gasteiger partial charge in [-0.1, -0.05) is 30.3 Å². The number of anilines is 1. The summed E-state index contributed by atoms with van der Waals surface area (Å²) in [5.41, 5.74) is 2.94. The van der Waals surface area contributed by atoms with Crippen LogP contribution in [0.25, 0.3) is 11.3 Å². The number of hydrogen-bond donors (Lipinski definition) is 0. The Morgan fingerprint density at radius 2 is 1.61 bits per heavy atom. The van der Waals surface area contributed by atoms with Crippen LogP contribution in [0.3, 0.4) is 0 Å². The molecule has 0 N–H and O–H groups in total. The van der Waals surface area contributed by atoms with Gasteiger partial charge in [0.25, 0.3) is 5.56 Å². The number of carbonyl (C=O) groups is 2. The van der Waals surface area contributed by atoms with Gasteiger partial charge < -0.3 is 9.80 Å². The van der Waals surface area contributed by atoms with Crippen molar-refractivity contribution in [1.29, 1.82) is 0 Å². The molecule has 0 saturated carbocycles. The van der Waals surface area contributed by atoms with Gasteiger partial charge in [-0.05, 0) is 31.2 Å². The van der Waals surface area contributed by atoms with Crippen molar-refractivity contribution >= 4 is 17.4 Å². The fourth-order valence-corrected chi connectivity index (χ4v) is 3.68. The van der Waals surface area contributed by atoms with Crippen molar-refractivity contribution < 1.29 is 9.59 Å². The van der Waals surface area contributed by atoms with Crippen molar-refractivity contribution in [2.45, 2.75) is 13.5 Å². The van der Waals surface area contributed by atoms with Gasteiger partial charge in [-0.2, -0.15) is 0 Å². The molecule has 0 spiro atoms. The highest BCUT2D eigenvalue weighted by molar-refractivity contribution is 5.94. The molecular formula is C24H24N4O3. The van der Waals surface area contributed by atoms with E-state index in [0.29, 0.717) is 37.4 Å². The minimum Gasteiger partial charge on any atom is -0.368 e. The number of piperazine rings is 1. The summed E-state index contributed by atoms with van der Waals surface area (Å²) in [5.74, 6) is -0.0496. The van der Waals surface area contributed by atoms with E-state index in [1.807, 2.05) is 54.6 Å².